The minimum absolute atomic E-state index is 0.173. The summed E-state index contributed by atoms with van der Waals surface area (Å²) in [6, 6.07) is 11.6. The lowest BCUT2D eigenvalue weighted by molar-refractivity contribution is -0.119. The van der Waals surface area contributed by atoms with Crippen molar-refractivity contribution < 1.29 is 4.79 Å². The van der Waals surface area contributed by atoms with Crippen LogP contribution in [0.4, 0.5) is 5.00 Å². The smallest absolute Gasteiger partial charge is 0.229 e. The number of benzene rings is 1. The normalized spacial score (nSPS) is 12.2. The maximum Gasteiger partial charge on any atom is 0.229 e. The molecule has 1 amide bonds. The molecule has 0 aliphatic heterocycles. The van der Waals surface area contributed by atoms with Gasteiger partial charge in [-0.15, -0.1) is 11.3 Å². The number of carbonyl (C=O) groups is 1. The Labute approximate surface area is 165 Å². The summed E-state index contributed by atoms with van der Waals surface area (Å²) in [5.74, 6) is -0.526. The first-order valence-electron chi connectivity index (χ1n) is 8.02. The van der Waals surface area contributed by atoms with E-state index in [2.05, 4.69) is 10.4 Å². The van der Waals surface area contributed by atoms with E-state index < -0.39 is 0 Å². The second kappa shape index (κ2) is 8.22. The van der Waals surface area contributed by atoms with Crippen LogP contribution in [-0.2, 0) is 18.3 Å². The molecule has 0 radical (unpaired) electrons. The molecule has 0 aliphatic rings. The zero-order valence-corrected chi connectivity index (χ0v) is 16.4. The summed E-state index contributed by atoms with van der Waals surface area (Å²) in [6.07, 6.45) is 2.23. The number of carbonyl (C=O) groups excluding carboxylic acids is 1. The molecule has 2 aromatic heterocycles. The van der Waals surface area contributed by atoms with Gasteiger partial charge in [0.25, 0.3) is 0 Å². The van der Waals surface area contributed by atoms with E-state index >= 15 is 0 Å². The Morgan fingerprint density at radius 2 is 2.04 bits per heavy atom. The number of aromatic nitrogens is 2. The molecule has 3 rings (SSSR count). The fourth-order valence-corrected chi connectivity index (χ4v) is 4.41. The lowest BCUT2D eigenvalue weighted by Crippen LogP contribution is -2.30. The van der Waals surface area contributed by atoms with Crippen molar-refractivity contribution in [2.75, 3.05) is 11.9 Å². The van der Waals surface area contributed by atoms with Crippen molar-refractivity contribution in [1.82, 2.24) is 9.78 Å². The van der Waals surface area contributed by atoms with Gasteiger partial charge in [0.05, 0.1) is 22.2 Å². The number of amides is 1. The first kappa shape index (κ1) is 18.9. The molecule has 2 heterocycles. The molecule has 1 atom stereocenters. The number of hydrogen-bond acceptors (Lipinski definition) is 4. The third kappa shape index (κ3) is 3.94. The third-order valence-corrected chi connectivity index (χ3v) is 5.91. The van der Waals surface area contributed by atoms with Crippen LogP contribution in [0.1, 0.15) is 5.56 Å². The Morgan fingerprint density at radius 1 is 1.31 bits per heavy atom. The summed E-state index contributed by atoms with van der Waals surface area (Å²) in [4.78, 5) is 12.7. The van der Waals surface area contributed by atoms with E-state index in [1.165, 1.54) is 11.3 Å². The number of halogens is 2. The minimum atomic E-state index is -0.352. The number of nitrogens with one attached hydrogen (secondary N) is 1. The van der Waals surface area contributed by atoms with Crippen LogP contribution in [-0.4, -0.2) is 22.2 Å². The van der Waals surface area contributed by atoms with Gasteiger partial charge in [-0.2, -0.15) is 5.10 Å². The topological polar surface area (TPSA) is 72.9 Å². The van der Waals surface area contributed by atoms with Crippen molar-refractivity contribution in [2.45, 2.75) is 6.42 Å². The Kier molecular flexibility index (Phi) is 5.98. The molecule has 0 saturated heterocycles. The fraction of sp³-hybridized carbons (Fsp3) is 0.222. The van der Waals surface area contributed by atoms with E-state index in [0.29, 0.717) is 26.3 Å². The molecular weight excluding hydrogens is 391 g/mol. The molecule has 0 saturated carbocycles. The number of rotatable bonds is 6. The lowest BCUT2D eigenvalue weighted by Gasteiger charge is -2.14. The van der Waals surface area contributed by atoms with Gasteiger partial charge in [-0.05, 0) is 18.1 Å². The van der Waals surface area contributed by atoms with E-state index in [1.54, 1.807) is 10.9 Å². The predicted octanol–water partition coefficient (Wildman–Crippen LogP) is 4.21. The van der Waals surface area contributed by atoms with Crippen molar-refractivity contribution in [3.05, 3.63) is 57.5 Å². The summed E-state index contributed by atoms with van der Waals surface area (Å²) in [6.45, 7) is 0.242. The lowest BCUT2D eigenvalue weighted by atomic mass is 9.99. The van der Waals surface area contributed by atoms with Crippen LogP contribution in [0.25, 0.3) is 11.3 Å². The molecule has 26 heavy (non-hydrogen) atoms. The minimum Gasteiger partial charge on any atom is -0.330 e. The number of aryl methyl sites for hydroxylation is 1. The summed E-state index contributed by atoms with van der Waals surface area (Å²) in [5.41, 5.74) is 8.33. The van der Waals surface area contributed by atoms with Gasteiger partial charge in [0.15, 0.2) is 0 Å². The Morgan fingerprint density at radius 3 is 2.65 bits per heavy atom. The van der Waals surface area contributed by atoms with Crippen LogP contribution in [0.15, 0.2) is 42.6 Å². The van der Waals surface area contributed by atoms with E-state index in [-0.39, 0.29) is 18.4 Å². The van der Waals surface area contributed by atoms with Gasteiger partial charge < -0.3 is 11.1 Å². The van der Waals surface area contributed by atoms with E-state index in [4.69, 9.17) is 28.9 Å². The van der Waals surface area contributed by atoms with Gasteiger partial charge in [0, 0.05) is 19.8 Å². The SMILES string of the molecule is Cn1nccc1-c1c(Cl)sc(NC(=O)C(CN)Cc2ccccc2)c1Cl. The van der Waals surface area contributed by atoms with Gasteiger partial charge in [-0.25, -0.2) is 0 Å². The first-order valence-corrected chi connectivity index (χ1v) is 9.59. The van der Waals surface area contributed by atoms with Crippen molar-refractivity contribution in [3.63, 3.8) is 0 Å². The number of thiophene rings is 1. The van der Waals surface area contributed by atoms with Crippen molar-refractivity contribution >= 4 is 45.4 Å². The molecule has 136 valence electrons. The standard InChI is InChI=1S/C18H18Cl2N4OS/c1-24-13(7-8-22-24)14-15(19)18(26-16(14)20)23-17(25)12(10-21)9-11-5-3-2-4-6-11/h2-8,12H,9-10,21H2,1H3,(H,23,25). The maximum atomic E-state index is 12.7. The third-order valence-electron chi connectivity index (χ3n) is 4.10. The van der Waals surface area contributed by atoms with Crippen molar-refractivity contribution in [1.29, 1.82) is 0 Å². The number of hydrogen-bond donors (Lipinski definition) is 2. The van der Waals surface area contributed by atoms with Crippen molar-refractivity contribution in [2.24, 2.45) is 18.7 Å². The van der Waals surface area contributed by atoms with Crippen LogP contribution in [0.5, 0.6) is 0 Å². The van der Waals surface area contributed by atoms with Crippen LogP contribution in [0.3, 0.4) is 0 Å². The van der Waals surface area contributed by atoms with E-state index in [0.717, 1.165) is 11.3 Å². The van der Waals surface area contributed by atoms with E-state index in [9.17, 15) is 4.79 Å². The second-order valence-electron chi connectivity index (χ2n) is 5.85. The highest BCUT2D eigenvalue weighted by Gasteiger charge is 2.23. The number of anilines is 1. The quantitative estimate of drug-likeness (QED) is 0.641. The molecule has 0 spiro atoms. The maximum absolute atomic E-state index is 12.7. The molecule has 0 aliphatic carbocycles. The summed E-state index contributed by atoms with van der Waals surface area (Å²) in [7, 11) is 1.81. The molecule has 5 nitrogen and oxygen atoms in total. The molecule has 0 bridgehead atoms. The zero-order valence-electron chi connectivity index (χ0n) is 14.1. The van der Waals surface area contributed by atoms with Crippen LogP contribution >= 0.6 is 34.5 Å². The Bertz CT molecular complexity index is 907. The molecule has 1 unspecified atom stereocenters. The average molecular weight is 409 g/mol. The zero-order chi connectivity index (χ0) is 18.7. The van der Waals surface area contributed by atoms with Gasteiger partial charge in [-0.3, -0.25) is 9.48 Å². The average Bonchev–Trinajstić information content (AvgIpc) is 3.16. The van der Waals surface area contributed by atoms with Crippen LogP contribution in [0, 0.1) is 5.92 Å². The largest absolute Gasteiger partial charge is 0.330 e. The highest BCUT2D eigenvalue weighted by atomic mass is 35.5. The molecule has 3 aromatic rings. The summed E-state index contributed by atoms with van der Waals surface area (Å²) >= 11 is 14.1. The highest BCUT2D eigenvalue weighted by molar-refractivity contribution is 7.21. The first-order chi connectivity index (χ1) is 12.5. The van der Waals surface area contributed by atoms with Gasteiger partial charge in [-0.1, -0.05) is 53.5 Å². The molecule has 1 aromatic carbocycles. The van der Waals surface area contributed by atoms with Gasteiger partial charge >= 0.3 is 0 Å². The van der Waals surface area contributed by atoms with Crippen LogP contribution in [0.2, 0.25) is 9.36 Å². The number of nitrogens with zero attached hydrogens (tertiary/aromatic N) is 2. The fourth-order valence-electron chi connectivity index (χ4n) is 2.69. The molecule has 3 N–H and O–H groups in total. The Balaban J connectivity index is 1.80. The molecule has 8 heteroatoms. The second-order valence-corrected chi connectivity index (χ2v) is 7.85. The summed E-state index contributed by atoms with van der Waals surface area (Å²) < 4.78 is 2.19. The van der Waals surface area contributed by atoms with Gasteiger partial charge in [0.2, 0.25) is 5.91 Å². The summed E-state index contributed by atoms with van der Waals surface area (Å²) in [5, 5.41) is 7.94. The van der Waals surface area contributed by atoms with Crippen molar-refractivity contribution in [3.8, 4) is 11.3 Å². The molecular formula is C18H18Cl2N4OS. The number of nitrogens with two attached hydrogens (primary N) is 1. The van der Waals surface area contributed by atoms with Gasteiger partial charge in [0.1, 0.15) is 9.34 Å². The van der Waals surface area contributed by atoms with Crippen LogP contribution < -0.4 is 11.1 Å². The van der Waals surface area contributed by atoms with E-state index in [1.807, 2.05) is 43.4 Å². The monoisotopic (exact) mass is 408 g/mol. The highest BCUT2D eigenvalue weighted by Crippen LogP contribution is 2.46. The Hall–Kier alpha value is -1.86. The predicted molar refractivity (Wildman–Crippen MR) is 108 cm³/mol. The molecule has 0 fully saturated rings.